The van der Waals surface area contributed by atoms with Gasteiger partial charge in [-0.05, 0) is 46.5 Å². The van der Waals surface area contributed by atoms with Crippen LogP contribution in [0, 0.1) is 0 Å². The maximum absolute atomic E-state index is 2.39. The third-order valence-corrected chi connectivity index (χ3v) is 8.63. The third-order valence-electron chi connectivity index (χ3n) is 7.39. The molecule has 7 rings (SSSR count). The van der Waals surface area contributed by atoms with Gasteiger partial charge in [0.15, 0.2) is 0 Å². The van der Waals surface area contributed by atoms with Gasteiger partial charge >= 0.3 is 0 Å². The van der Waals surface area contributed by atoms with Gasteiger partial charge in [-0.3, -0.25) is 0 Å². The molecule has 0 spiro atoms. The van der Waals surface area contributed by atoms with Gasteiger partial charge in [0.25, 0.3) is 0 Å². The normalized spacial score (nSPS) is 11.9. The summed E-state index contributed by atoms with van der Waals surface area (Å²) in [6, 6.07) is 54.6. The van der Waals surface area contributed by atoms with Crippen molar-refractivity contribution in [1.82, 2.24) is 0 Å². The zero-order valence-electron chi connectivity index (χ0n) is 22.0. The largest absolute Gasteiger partial charge is 0.309 e. The van der Waals surface area contributed by atoms with Crippen LogP contribution in [0.5, 0.6) is 0 Å². The number of para-hydroxylation sites is 2. The van der Waals surface area contributed by atoms with Crippen LogP contribution in [0.15, 0.2) is 152 Å². The van der Waals surface area contributed by atoms with Gasteiger partial charge in [0.05, 0.1) is 11.4 Å². The highest BCUT2D eigenvalue weighted by Crippen LogP contribution is 2.50. The molecule has 0 bridgehead atoms. The summed E-state index contributed by atoms with van der Waals surface area (Å²) in [7, 11) is 0.683. The first-order valence-electron chi connectivity index (χ1n) is 13.6. The number of hydrogen-bond donors (Lipinski definition) is 0. The highest BCUT2D eigenvalue weighted by molar-refractivity contribution is 6.67. The maximum atomic E-state index is 2.39. The molecule has 0 amide bonds. The van der Waals surface area contributed by atoms with E-state index in [1.54, 1.807) is 0 Å². The molecule has 1 aliphatic rings. The van der Waals surface area contributed by atoms with Gasteiger partial charge in [-0.25, -0.2) is 0 Å². The van der Waals surface area contributed by atoms with E-state index in [0.717, 1.165) is 5.69 Å². The molecular formula is C38H27NSi. The average Bonchev–Trinajstić information content (AvgIpc) is 3.15. The molecule has 1 aliphatic heterocycles. The van der Waals surface area contributed by atoms with Crippen LogP contribution in [-0.4, -0.2) is 9.52 Å². The summed E-state index contributed by atoms with van der Waals surface area (Å²) in [5.41, 5.74) is 10.9. The Hall–Kier alpha value is -4.92. The molecule has 0 atom stereocenters. The smallest absolute Gasteiger partial charge is 0.121 e. The van der Waals surface area contributed by atoms with E-state index in [1.807, 2.05) is 0 Å². The first-order chi connectivity index (χ1) is 19.8. The minimum atomic E-state index is 0.683. The van der Waals surface area contributed by atoms with E-state index < -0.39 is 0 Å². The van der Waals surface area contributed by atoms with Gasteiger partial charge in [0, 0.05) is 16.8 Å². The van der Waals surface area contributed by atoms with Crippen molar-refractivity contribution in [1.29, 1.82) is 0 Å². The lowest BCUT2D eigenvalue weighted by molar-refractivity contribution is 1.29. The number of anilines is 3. The Balaban J connectivity index is 1.18. The number of fused-ring (bicyclic) bond motifs is 5. The SMILES string of the molecule is C(=Cc1ccc(N2c3ccccc3-c3ccccc3-c3ccccc32)cc1)c1ccc([Si]c2ccccc2)cc1. The van der Waals surface area contributed by atoms with Crippen molar-refractivity contribution >= 4 is 49.1 Å². The molecule has 1 nitrogen and oxygen atoms in total. The molecular weight excluding hydrogens is 499 g/mol. The Bertz CT molecular complexity index is 1740. The molecule has 0 N–H and O–H groups in total. The molecule has 0 unspecified atom stereocenters. The first-order valence-corrected chi connectivity index (χ1v) is 14.6. The van der Waals surface area contributed by atoms with Crippen LogP contribution in [0.2, 0.25) is 0 Å². The van der Waals surface area contributed by atoms with E-state index in [-0.39, 0.29) is 0 Å². The van der Waals surface area contributed by atoms with E-state index in [2.05, 4.69) is 169 Å². The lowest BCUT2D eigenvalue weighted by atomic mass is 9.95. The highest BCUT2D eigenvalue weighted by atomic mass is 28.2. The summed E-state index contributed by atoms with van der Waals surface area (Å²) in [6.07, 6.45) is 4.38. The molecule has 2 heteroatoms. The fourth-order valence-electron chi connectivity index (χ4n) is 5.45. The lowest BCUT2D eigenvalue weighted by Crippen LogP contribution is -2.26. The van der Waals surface area contributed by atoms with E-state index in [1.165, 1.54) is 55.1 Å². The van der Waals surface area contributed by atoms with Crippen molar-refractivity contribution in [3.63, 3.8) is 0 Å². The number of nitrogens with zero attached hydrogens (tertiary/aromatic N) is 1. The lowest BCUT2D eigenvalue weighted by Gasteiger charge is -2.27. The van der Waals surface area contributed by atoms with E-state index in [4.69, 9.17) is 0 Å². The molecule has 1 heterocycles. The van der Waals surface area contributed by atoms with Crippen molar-refractivity contribution in [3.05, 3.63) is 163 Å². The van der Waals surface area contributed by atoms with Crippen LogP contribution in [0.4, 0.5) is 17.1 Å². The van der Waals surface area contributed by atoms with Gasteiger partial charge in [0.2, 0.25) is 0 Å². The average molecular weight is 526 g/mol. The van der Waals surface area contributed by atoms with Crippen molar-refractivity contribution < 1.29 is 0 Å². The minimum absolute atomic E-state index is 0.683. The molecule has 6 aromatic rings. The summed E-state index contributed by atoms with van der Waals surface area (Å²) in [4.78, 5) is 2.39. The maximum Gasteiger partial charge on any atom is 0.121 e. The summed E-state index contributed by atoms with van der Waals surface area (Å²) in [5, 5.41) is 2.72. The predicted molar refractivity (Wildman–Crippen MR) is 172 cm³/mol. The summed E-state index contributed by atoms with van der Waals surface area (Å²) >= 11 is 0. The van der Waals surface area contributed by atoms with Crippen molar-refractivity contribution in [2.45, 2.75) is 0 Å². The van der Waals surface area contributed by atoms with Crippen molar-refractivity contribution in [3.8, 4) is 22.3 Å². The van der Waals surface area contributed by atoms with Crippen molar-refractivity contribution in [2.75, 3.05) is 4.90 Å². The Kier molecular flexibility index (Phi) is 6.45. The van der Waals surface area contributed by atoms with Crippen LogP contribution < -0.4 is 15.3 Å². The number of hydrogen-bond acceptors (Lipinski definition) is 1. The Labute approximate surface area is 238 Å². The summed E-state index contributed by atoms with van der Waals surface area (Å²) < 4.78 is 0. The molecule has 0 fully saturated rings. The second-order valence-electron chi connectivity index (χ2n) is 9.95. The molecule has 2 radical (unpaired) electrons. The van der Waals surface area contributed by atoms with Crippen LogP contribution in [0.3, 0.4) is 0 Å². The van der Waals surface area contributed by atoms with Gasteiger partial charge in [-0.15, -0.1) is 0 Å². The van der Waals surface area contributed by atoms with Crippen LogP contribution in [0.1, 0.15) is 11.1 Å². The molecule has 0 saturated heterocycles. The summed E-state index contributed by atoms with van der Waals surface area (Å²) in [5.74, 6) is 0. The van der Waals surface area contributed by atoms with E-state index in [9.17, 15) is 0 Å². The van der Waals surface area contributed by atoms with E-state index in [0.29, 0.717) is 9.52 Å². The zero-order valence-corrected chi connectivity index (χ0v) is 23.0. The van der Waals surface area contributed by atoms with Crippen LogP contribution in [0.25, 0.3) is 34.4 Å². The minimum Gasteiger partial charge on any atom is -0.309 e. The molecule has 0 saturated carbocycles. The molecule has 0 aliphatic carbocycles. The van der Waals surface area contributed by atoms with Gasteiger partial charge < -0.3 is 4.90 Å². The predicted octanol–water partition coefficient (Wildman–Crippen LogP) is 8.63. The standard InChI is InChI=1S/C38H27NSi/c1-2-10-31(11-3-1)40-32-26-22-29(23-27-32)19-18-28-20-24-30(25-21-28)39-37-16-8-6-14-35(37)33-12-4-5-13-34(33)36-15-7-9-17-38(36)39/h1-27H. The quantitative estimate of drug-likeness (QED) is 0.161. The van der Waals surface area contributed by atoms with E-state index >= 15 is 0 Å². The fraction of sp³-hybridized carbons (Fsp3) is 0. The first kappa shape index (κ1) is 24.1. The molecule has 6 aromatic carbocycles. The topological polar surface area (TPSA) is 3.24 Å². The highest BCUT2D eigenvalue weighted by Gasteiger charge is 2.25. The van der Waals surface area contributed by atoms with Gasteiger partial charge in [-0.2, -0.15) is 0 Å². The summed E-state index contributed by atoms with van der Waals surface area (Å²) in [6.45, 7) is 0. The second kappa shape index (κ2) is 10.7. The van der Waals surface area contributed by atoms with Gasteiger partial charge in [0.1, 0.15) is 9.52 Å². The zero-order chi connectivity index (χ0) is 26.7. The Morgan fingerprint density at radius 3 is 1.35 bits per heavy atom. The number of rotatable bonds is 5. The Morgan fingerprint density at radius 2 is 0.800 bits per heavy atom. The van der Waals surface area contributed by atoms with Crippen molar-refractivity contribution in [2.24, 2.45) is 0 Å². The molecule has 0 aromatic heterocycles. The Morgan fingerprint density at radius 1 is 0.375 bits per heavy atom. The third kappa shape index (κ3) is 4.70. The molecule has 188 valence electrons. The monoisotopic (exact) mass is 525 g/mol. The van der Waals surface area contributed by atoms with Gasteiger partial charge in [-0.1, -0.05) is 150 Å². The van der Waals surface area contributed by atoms with Crippen LogP contribution in [-0.2, 0) is 0 Å². The second-order valence-corrected chi connectivity index (χ2v) is 11.4. The van der Waals surface area contributed by atoms with Crippen LogP contribution >= 0.6 is 0 Å². The molecule has 40 heavy (non-hydrogen) atoms. The number of benzene rings is 6. The fourth-order valence-corrected chi connectivity index (χ4v) is 6.47.